The van der Waals surface area contributed by atoms with Gasteiger partial charge in [-0.25, -0.2) is 0 Å². The van der Waals surface area contributed by atoms with E-state index in [0.717, 1.165) is 45.2 Å². The molecule has 2 N–H and O–H groups in total. The van der Waals surface area contributed by atoms with Gasteiger partial charge in [-0.3, -0.25) is 0 Å². The summed E-state index contributed by atoms with van der Waals surface area (Å²) in [5.41, 5.74) is 13.0. The molecule has 0 spiro atoms. The molecule has 2 aliphatic rings. The van der Waals surface area contributed by atoms with E-state index in [0.29, 0.717) is 0 Å². The van der Waals surface area contributed by atoms with Gasteiger partial charge in [-0.05, 0) is 99.5 Å². The number of nitrogens with two attached hydrogens (primary N) is 1. The van der Waals surface area contributed by atoms with Gasteiger partial charge in [0, 0.05) is 20.4 Å². The van der Waals surface area contributed by atoms with E-state index in [4.69, 9.17) is 15.2 Å². The van der Waals surface area contributed by atoms with Crippen molar-refractivity contribution in [2.75, 3.05) is 5.73 Å². The van der Waals surface area contributed by atoms with Gasteiger partial charge in [-0.1, -0.05) is 101 Å². The quantitative estimate of drug-likeness (QED) is 0.0804. The molecule has 3 nitrogen and oxygen atoms in total. The van der Waals surface area contributed by atoms with E-state index in [2.05, 4.69) is 76.2 Å². The maximum absolute atomic E-state index is 6.37. The minimum atomic E-state index is -0.213. The van der Waals surface area contributed by atoms with Crippen molar-refractivity contribution in [3.05, 3.63) is 97.1 Å². The van der Waals surface area contributed by atoms with E-state index in [1.165, 1.54) is 69.8 Å². The number of anilines is 1. The van der Waals surface area contributed by atoms with Crippen LogP contribution in [0.25, 0.3) is 22.3 Å². The van der Waals surface area contributed by atoms with E-state index in [-0.39, 0.29) is 40.6 Å². The summed E-state index contributed by atoms with van der Waals surface area (Å²) in [6.45, 7) is 8.45. The smallest absolute Gasteiger partial charge is 0.131 e. The summed E-state index contributed by atoms with van der Waals surface area (Å²) >= 11 is 0. The molecule has 4 aromatic rings. The van der Waals surface area contributed by atoms with E-state index in [9.17, 15) is 0 Å². The molecule has 0 amide bonds. The normalized spacial score (nSPS) is 15.6. The van der Waals surface area contributed by atoms with Gasteiger partial charge in [0.2, 0.25) is 0 Å². The molecule has 47 heavy (non-hydrogen) atoms. The molecule has 0 aromatic heterocycles. The third kappa shape index (κ3) is 10.2. The molecule has 0 radical (unpaired) electrons. The second kappa shape index (κ2) is 18.8. The number of hydrogen-bond donors (Lipinski definition) is 1. The summed E-state index contributed by atoms with van der Waals surface area (Å²) < 4.78 is 12.7. The predicted octanol–water partition coefficient (Wildman–Crippen LogP) is 11.4. The second-order valence-electron chi connectivity index (χ2n) is 13.3. The van der Waals surface area contributed by atoms with Gasteiger partial charge < -0.3 is 15.2 Å². The molecule has 0 atom stereocenters. The Morgan fingerprint density at radius 1 is 0.617 bits per heavy atom. The third-order valence-corrected chi connectivity index (χ3v) is 12.6. The van der Waals surface area contributed by atoms with E-state index >= 15 is 0 Å². The first-order valence-electron chi connectivity index (χ1n) is 17.6. The fraction of sp³-hybridized carbons (Fsp3) is 0.429. The maximum Gasteiger partial charge on any atom is 0.131 e. The standard InChI is InChI=1S/C30H43O2P.C12H10N.Pd/c1-22(2)31-27-19-13-20-28(32-23(3)4)30(27)26-18-11-12-21-29(26)33(24-14-7-5-8-15-24)25-16-9-6-10-17-25;13-12-9-5-4-8-11(12)10-6-2-1-3-7-10;/h11-13,18-25H,5-10,14-17H2,1-4H3;1-6,8-9H,13H2;/q;-1;. The average molecular weight is 741 g/mol. The minimum absolute atomic E-state index is 0. The van der Waals surface area contributed by atoms with Gasteiger partial charge >= 0.3 is 0 Å². The van der Waals surface area contributed by atoms with Crippen LogP contribution < -0.4 is 20.5 Å². The summed E-state index contributed by atoms with van der Waals surface area (Å²) in [4.78, 5) is 0. The zero-order valence-corrected chi connectivity index (χ0v) is 31.1. The summed E-state index contributed by atoms with van der Waals surface area (Å²) in [7, 11) is -0.213. The van der Waals surface area contributed by atoms with E-state index in [1.54, 1.807) is 5.30 Å². The van der Waals surface area contributed by atoms with Crippen molar-refractivity contribution < 1.29 is 29.9 Å². The Morgan fingerprint density at radius 2 is 1.13 bits per heavy atom. The van der Waals surface area contributed by atoms with Crippen molar-refractivity contribution >= 4 is 18.9 Å². The van der Waals surface area contributed by atoms with Crippen molar-refractivity contribution in [3.8, 4) is 33.8 Å². The Balaban J connectivity index is 0.000000298. The fourth-order valence-corrected chi connectivity index (χ4v) is 11.1. The second-order valence-corrected chi connectivity index (χ2v) is 16.1. The number of rotatable bonds is 9. The van der Waals surface area contributed by atoms with Gasteiger partial charge in [0.1, 0.15) is 11.5 Å². The predicted molar refractivity (Wildman–Crippen MR) is 199 cm³/mol. The Bertz CT molecular complexity index is 1450. The van der Waals surface area contributed by atoms with Gasteiger partial charge in [0.25, 0.3) is 0 Å². The van der Waals surface area contributed by atoms with Crippen LogP contribution in [0.4, 0.5) is 5.69 Å². The number of para-hydroxylation sites is 1. The summed E-state index contributed by atoms with van der Waals surface area (Å²) in [6.07, 6.45) is 14.4. The third-order valence-electron chi connectivity index (χ3n) is 9.06. The number of benzene rings is 4. The van der Waals surface area contributed by atoms with Crippen molar-refractivity contribution in [1.82, 2.24) is 0 Å². The monoisotopic (exact) mass is 740 g/mol. The van der Waals surface area contributed by atoms with Crippen molar-refractivity contribution in [2.24, 2.45) is 0 Å². The van der Waals surface area contributed by atoms with Gasteiger partial charge in [0.05, 0.1) is 17.8 Å². The van der Waals surface area contributed by atoms with E-state index < -0.39 is 0 Å². The van der Waals surface area contributed by atoms with Crippen LogP contribution in [0.5, 0.6) is 11.5 Å². The topological polar surface area (TPSA) is 44.5 Å². The molecule has 6 rings (SSSR count). The van der Waals surface area contributed by atoms with Crippen LogP contribution in [0.15, 0.2) is 91.0 Å². The van der Waals surface area contributed by atoms with Crippen LogP contribution >= 0.6 is 7.92 Å². The average Bonchev–Trinajstić information content (AvgIpc) is 3.07. The minimum Gasteiger partial charge on any atom is -0.490 e. The Morgan fingerprint density at radius 3 is 1.64 bits per heavy atom. The van der Waals surface area contributed by atoms with E-state index in [1.807, 2.05) is 48.5 Å². The molecule has 2 aliphatic carbocycles. The summed E-state index contributed by atoms with van der Waals surface area (Å²) in [5, 5.41) is 1.60. The van der Waals surface area contributed by atoms with Crippen LogP contribution in [0.2, 0.25) is 0 Å². The molecule has 5 heteroatoms. The van der Waals surface area contributed by atoms with Crippen molar-refractivity contribution in [2.45, 2.75) is 115 Å². The van der Waals surface area contributed by atoms with Crippen LogP contribution in [0.1, 0.15) is 91.9 Å². The molecule has 4 aromatic carbocycles. The van der Waals surface area contributed by atoms with Crippen LogP contribution in [0, 0.1) is 6.07 Å². The molecule has 0 saturated heterocycles. The Labute approximate surface area is 299 Å². The fourth-order valence-electron chi connectivity index (χ4n) is 7.10. The Kier molecular flexibility index (Phi) is 14.9. The molecule has 0 aliphatic heterocycles. The SMILES string of the molecule is CC(C)Oc1cccc(OC(C)C)c1-c1ccccc1P(C1CCCCC1)C1CCCCC1.Nc1ccccc1-c1[c-]cccc1.[Pd]. The molecule has 2 saturated carbocycles. The maximum atomic E-state index is 6.37. The summed E-state index contributed by atoms with van der Waals surface area (Å²) in [5.74, 6) is 1.91. The molecule has 0 bridgehead atoms. The summed E-state index contributed by atoms with van der Waals surface area (Å²) in [6, 6.07) is 34.4. The van der Waals surface area contributed by atoms with Crippen molar-refractivity contribution in [3.63, 3.8) is 0 Å². The van der Waals surface area contributed by atoms with Crippen LogP contribution in [-0.4, -0.2) is 23.5 Å². The van der Waals surface area contributed by atoms with Crippen LogP contribution in [-0.2, 0) is 20.4 Å². The van der Waals surface area contributed by atoms with Gasteiger partial charge in [-0.15, -0.1) is 35.9 Å². The largest absolute Gasteiger partial charge is 0.490 e. The number of hydrogen-bond acceptors (Lipinski definition) is 3. The number of nitrogen functional groups attached to an aromatic ring is 1. The molecular weight excluding hydrogens is 688 g/mol. The molecule has 0 unspecified atom stereocenters. The van der Waals surface area contributed by atoms with Gasteiger partial charge in [0.15, 0.2) is 0 Å². The molecule has 2 fully saturated rings. The zero-order chi connectivity index (χ0) is 32.3. The Hall–Kier alpha value is -2.63. The first kappa shape index (κ1) is 37.2. The molecule has 0 heterocycles. The van der Waals surface area contributed by atoms with Gasteiger partial charge in [-0.2, -0.15) is 0 Å². The van der Waals surface area contributed by atoms with Crippen molar-refractivity contribution in [1.29, 1.82) is 0 Å². The number of ether oxygens (including phenoxy) is 2. The zero-order valence-electron chi connectivity index (χ0n) is 28.7. The molecule has 254 valence electrons. The first-order chi connectivity index (χ1) is 22.4. The molecular formula is C42H53NO2PPd-. The van der Waals surface area contributed by atoms with Crippen LogP contribution in [0.3, 0.4) is 0 Å². The first-order valence-corrected chi connectivity index (χ1v) is 19.1.